The molecule has 0 amide bonds. The number of benzene rings is 1. The molecule has 2 nitrogen and oxygen atoms in total. The molecule has 1 aliphatic rings. The van der Waals surface area contributed by atoms with Crippen LogP contribution in [-0.2, 0) is 0 Å². The first-order valence-corrected chi connectivity index (χ1v) is 6.63. The van der Waals surface area contributed by atoms with Crippen molar-refractivity contribution in [2.45, 2.75) is 39.3 Å². The second-order valence-corrected chi connectivity index (χ2v) is 5.22. The molecule has 1 N–H and O–H groups in total. The largest absolute Gasteiger partial charge is 0.488 e. The molecule has 0 saturated carbocycles. The second-order valence-electron chi connectivity index (χ2n) is 4.36. The zero-order valence-corrected chi connectivity index (χ0v) is 11.6. The predicted octanol–water partition coefficient (Wildman–Crippen LogP) is 3.58. The van der Waals surface area contributed by atoms with Crippen LogP contribution in [-0.4, -0.2) is 12.6 Å². The summed E-state index contributed by atoms with van der Waals surface area (Å²) >= 11 is 3.62. The minimum absolute atomic E-state index is 0.207. The van der Waals surface area contributed by atoms with Crippen LogP contribution in [0.2, 0.25) is 0 Å². The van der Waals surface area contributed by atoms with Gasteiger partial charge in [-0.2, -0.15) is 0 Å². The van der Waals surface area contributed by atoms with Crippen LogP contribution >= 0.6 is 15.9 Å². The number of halogens is 1. The highest BCUT2D eigenvalue weighted by molar-refractivity contribution is 9.10. The van der Waals surface area contributed by atoms with Crippen LogP contribution in [0.1, 0.15) is 37.4 Å². The van der Waals surface area contributed by atoms with Gasteiger partial charge in [-0.25, -0.2) is 0 Å². The van der Waals surface area contributed by atoms with Gasteiger partial charge in [0.15, 0.2) is 0 Å². The lowest BCUT2D eigenvalue weighted by Crippen LogP contribution is -2.29. The first-order chi connectivity index (χ1) is 7.65. The molecule has 16 heavy (non-hydrogen) atoms. The zero-order valence-electron chi connectivity index (χ0n) is 10.0. The zero-order chi connectivity index (χ0) is 11.7. The molecule has 2 unspecified atom stereocenters. The molecule has 1 aliphatic heterocycles. The van der Waals surface area contributed by atoms with E-state index in [2.05, 4.69) is 54.2 Å². The van der Waals surface area contributed by atoms with Crippen molar-refractivity contribution in [3.8, 4) is 5.75 Å². The van der Waals surface area contributed by atoms with E-state index in [1.807, 2.05) is 0 Å². The van der Waals surface area contributed by atoms with E-state index in [9.17, 15) is 0 Å². The van der Waals surface area contributed by atoms with Gasteiger partial charge in [0.2, 0.25) is 0 Å². The van der Waals surface area contributed by atoms with E-state index in [4.69, 9.17) is 4.74 Å². The maximum absolute atomic E-state index is 5.94. The van der Waals surface area contributed by atoms with E-state index < -0.39 is 0 Å². The monoisotopic (exact) mass is 283 g/mol. The Labute approximate surface area is 106 Å². The summed E-state index contributed by atoms with van der Waals surface area (Å²) in [4.78, 5) is 0. The van der Waals surface area contributed by atoms with Crippen LogP contribution in [0.15, 0.2) is 16.6 Å². The summed E-state index contributed by atoms with van der Waals surface area (Å²) in [5.74, 6) is 1.05. The Morgan fingerprint density at radius 1 is 1.44 bits per heavy atom. The highest BCUT2D eigenvalue weighted by Crippen LogP contribution is 2.43. The fourth-order valence-corrected chi connectivity index (χ4v) is 2.75. The summed E-state index contributed by atoms with van der Waals surface area (Å²) in [6.45, 7) is 7.43. The van der Waals surface area contributed by atoms with Crippen LogP contribution in [0.3, 0.4) is 0 Å². The van der Waals surface area contributed by atoms with Gasteiger partial charge in [0.25, 0.3) is 0 Å². The molecule has 88 valence electrons. The molecule has 0 fully saturated rings. The van der Waals surface area contributed by atoms with Crippen LogP contribution in [0.4, 0.5) is 0 Å². The van der Waals surface area contributed by atoms with Crippen molar-refractivity contribution in [1.82, 2.24) is 5.32 Å². The second kappa shape index (κ2) is 4.76. The smallest absolute Gasteiger partial charge is 0.128 e. The molecule has 0 aromatic heterocycles. The van der Waals surface area contributed by atoms with Crippen molar-refractivity contribution in [1.29, 1.82) is 0 Å². The predicted molar refractivity (Wildman–Crippen MR) is 70.0 cm³/mol. The van der Waals surface area contributed by atoms with Crippen LogP contribution < -0.4 is 10.1 Å². The topological polar surface area (TPSA) is 21.3 Å². The number of fused-ring (bicyclic) bond motifs is 1. The quantitative estimate of drug-likeness (QED) is 0.916. The summed E-state index contributed by atoms with van der Waals surface area (Å²) in [7, 11) is 0. The number of aryl methyl sites for hydroxylation is 1. The Kier molecular flexibility index (Phi) is 3.55. The van der Waals surface area contributed by atoms with Gasteiger partial charge in [0.1, 0.15) is 11.9 Å². The minimum atomic E-state index is 0.207. The van der Waals surface area contributed by atoms with Crippen molar-refractivity contribution in [2.24, 2.45) is 0 Å². The Morgan fingerprint density at radius 2 is 2.19 bits per heavy atom. The minimum Gasteiger partial charge on any atom is -0.488 e. The molecule has 0 bridgehead atoms. The number of nitrogens with one attached hydrogen (secondary N) is 1. The molecule has 1 aromatic carbocycles. The van der Waals surface area contributed by atoms with Crippen molar-refractivity contribution < 1.29 is 4.74 Å². The first-order valence-electron chi connectivity index (χ1n) is 5.84. The molecule has 0 saturated heterocycles. The van der Waals surface area contributed by atoms with Gasteiger partial charge in [0.05, 0.1) is 6.04 Å². The van der Waals surface area contributed by atoms with E-state index in [0.29, 0.717) is 6.04 Å². The average Bonchev–Trinajstić information content (AvgIpc) is 2.59. The third kappa shape index (κ3) is 1.98. The molecule has 0 aliphatic carbocycles. The lowest BCUT2D eigenvalue weighted by Gasteiger charge is -2.16. The normalized spacial score (nSPS) is 23.0. The average molecular weight is 284 g/mol. The van der Waals surface area contributed by atoms with E-state index in [-0.39, 0.29) is 6.10 Å². The van der Waals surface area contributed by atoms with Crippen molar-refractivity contribution in [3.63, 3.8) is 0 Å². The van der Waals surface area contributed by atoms with E-state index >= 15 is 0 Å². The van der Waals surface area contributed by atoms with Gasteiger partial charge in [-0.15, -0.1) is 0 Å². The Balaban J connectivity index is 2.35. The molecular formula is C13H18BrNO. The number of hydrogen-bond donors (Lipinski definition) is 1. The summed E-state index contributed by atoms with van der Waals surface area (Å²) in [6.07, 6.45) is 1.35. The van der Waals surface area contributed by atoms with Gasteiger partial charge in [-0.1, -0.05) is 28.9 Å². The number of rotatable bonds is 3. The third-order valence-electron chi connectivity index (χ3n) is 3.04. The van der Waals surface area contributed by atoms with Gasteiger partial charge in [0, 0.05) is 10.0 Å². The lowest BCUT2D eigenvalue weighted by atomic mass is 10.0. The maximum Gasteiger partial charge on any atom is 0.128 e. The molecular weight excluding hydrogens is 266 g/mol. The van der Waals surface area contributed by atoms with Crippen LogP contribution in [0.25, 0.3) is 0 Å². The SMILES string of the molecule is CCCNC1c2c(Br)ccc(C)c2OC1C. The van der Waals surface area contributed by atoms with Crippen LogP contribution in [0, 0.1) is 6.92 Å². The van der Waals surface area contributed by atoms with Crippen LogP contribution in [0.5, 0.6) is 5.75 Å². The lowest BCUT2D eigenvalue weighted by molar-refractivity contribution is 0.209. The molecule has 2 rings (SSSR count). The Morgan fingerprint density at radius 3 is 2.88 bits per heavy atom. The van der Waals surface area contributed by atoms with E-state index in [1.54, 1.807) is 0 Å². The molecule has 1 heterocycles. The summed E-state index contributed by atoms with van der Waals surface area (Å²) in [6, 6.07) is 4.51. The standard InChI is InChI=1S/C13H18BrNO/c1-4-7-15-12-9(3)16-13-8(2)5-6-10(14)11(12)13/h5-6,9,12,15H,4,7H2,1-3H3. The highest BCUT2D eigenvalue weighted by atomic mass is 79.9. The summed E-state index contributed by atoms with van der Waals surface area (Å²) in [5.41, 5.74) is 2.49. The van der Waals surface area contributed by atoms with E-state index in [1.165, 1.54) is 11.1 Å². The Bertz CT molecular complexity index is 392. The van der Waals surface area contributed by atoms with Crippen molar-refractivity contribution in [2.75, 3.05) is 6.54 Å². The fraction of sp³-hybridized carbons (Fsp3) is 0.538. The van der Waals surface area contributed by atoms with Gasteiger partial charge in [-0.3, -0.25) is 0 Å². The van der Waals surface area contributed by atoms with Gasteiger partial charge >= 0.3 is 0 Å². The maximum atomic E-state index is 5.94. The summed E-state index contributed by atoms with van der Waals surface area (Å²) in [5, 5.41) is 3.55. The third-order valence-corrected chi connectivity index (χ3v) is 3.73. The number of ether oxygens (including phenoxy) is 1. The van der Waals surface area contributed by atoms with Crippen molar-refractivity contribution in [3.05, 3.63) is 27.7 Å². The van der Waals surface area contributed by atoms with Gasteiger partial charge in [-0.05, 0) is 38.4 Å². The molecule has 3 heteroatoms. The van der Waals surface area contributed by atoms with E-state index in [0.717, 1.165) is 23.2 Å². The molecule has 0 radical (unpaired) electrons. The fourth-order valence-electron chi connectivity index (χ4n) is 2.19. The highest BCUT2D eigenvalue weighted by Gasteiger charge is 2.33. The van der Waals surface area contributed by atoms with Crippen molar-refractivity contribution >= 4 is 15.9 Å². The molecule has 2 atom stereocenters. The van der Waals surface area contributed by atoms with Gasteiger partial charge < -0.3 is 10.1 Å². The first kappa shape index (κ1) is 11.9. The number of hydrogen-bond acceptors (Lipinski definition) is 2. The Hall–Kier alpha value is -0.540. The molecule has 1 aromatic rings. The summed E-state index contributed by atoms with van der Waals surface area (Å²) < 4.78 is 7.08. The molecule has 0 spiro atoms.